The van der Waals surface area contributed by atoms with E-state index in [0.717, 1.165) is 109 Å². The molecule has 0 atom stereocenters. The number of furan rings is 1. The highest BCUT2D eigenvalue weighted by Gasteiger charge is 2.22. The lowest BCUT2D eigenvalue weighted by Crippen LogP contribution is -2.08. The van der Waals surface area contributed by atoms with Gasteiger partial charge in [0.15, 0.2) is 5.84 Å². The first kappa shape index (κ1) is 37.4. The molecular formula is C56H44N2OS. The Morgan fingerprint density at radius 3 is 2.15 bits per heavy atom. The fourth-order valence-electron chi connectivity index (χ4n) is 8.46. The van der Waals surface area contributed by atoms with Crippen LogP contribution in [0.2, 0.25) is 0 Å². The van der Waals surface area contributed by atoms with E-state index in [1.807, 2.05) is 23.5 Å². The van der Waals surface area contributed by atoms with Crippen LogP contribution in [0.5, 0.6) is 0 Å². The van der Waals surface area contributed by atoms with Crippen LogP contribution in [0.25, 0.3) is 81.2 Å². The van der Waals surface area contributed by atoms with Crippen LogP contribution < -0.4 is 0 Å². The van der Waals surface area contributed by atoms with E-state index in [1.54, 1.807) is 0 Å². The highest BCUT2D eigenvalue weighted by atomic mass is 32.1. The summed E-state index contributed by atoms with van der Waals surface area (Å²) in [5, 5.41) is 4.72. The van der Waals surface area contributed by atoms with Gasteiger partial charge in [0.25, 0.3) is 0 Å². The molecule has 2 heterocycles. The highest BCUT2D eigenvalue weighted by molar-refractivity contribution is 7.25. The maximum atomic E-state index is 6.65. The SMILES string of the molecule is CCC/C=C(/N=C(N=C(C)C1=CCCC=C1)c1cc(-c2ccccc2)cc(-c2ccc3sc4ccccc4c3c2)c1-c1ccccc1)c1cccc2c1oc1ccccc12. The van der Waals surface area contributed by atoms with Crippen LogP contribution in [0.15, 0.2) is 202 Å². The molecule has 10 rings (SSSR count). The van der Waals surface area contributed by atoms with E-state index in [9.17, 15) is 0 Å². The number of para-hydroxylation sites is 2. The standard InChI is InChI=1S/C56H44N2OS/c1-3-4-29-50(46-28-18-27-45-43-25-14-16-30-51(43)59-55(45)46)58-56(57-37(2)38-19-8-5-9-20-38)49-36-42(39-21-10-6-11-22-39)35-47(54(49)40-23-12-7-13-24-40)41-32-33-53-48(34-41)44-26-15-17-31-52(44)60-53/h6-8,10-36H,3-5,9H2,1-2H3/b50-29+,57-37?,58-56?. The van der Waals surface area contributed by atoms with Crippen LogP contribution in [0.1, 0.15) is 50.7 Å². The third-order valence-corrected chi connectivity index (χ3v) is 12.6. The zero-order valence-corrected chi connectivity index (χ0v) is 34.7. The molecule has 1 aliphatic carbocycles. The molecule has 1 aliphatic rings. The van der Waals surface area contributed by atoms with Gasteiger partial charge >= 0.3 is 0 Å². The van der Waals surface area contributed by atoms with Gasteiger partial charge in [0.1, 0.15) is 11.2 Å². The molecule has 3 nitrogen and oxygen atoms in total. The van der Waals surface area contributed by atoms with Crippen LogP contribution in [0, 0.1) is 0 Å². The van der Waals surface area contributed by atoms with Gasteiger partial charge in [-0.2, -0.15) is 0 Å². The van der Waals surface area contributed by atoms with Crippen molar-refractivity contribution in [2.75, 3.05) is 0 Å². The van der Waals surface area contributed by atoms with Gasteiger partial charge in [0.05, 0.1) is 5.70 Å². The number of aliphatic imine (C=N–C) groups is 2. The molecule has 0 saturated carbocycles. The zero-order valence-electron chi connectivity index (χ0n) is 33.9. The fraction of sp³-hybridized carbons (Fsp3) is 0.107. The number of benzene rings is 7. The Labute approximate surface area is 355 Å². The Morgan fingerprint density at radius 1 is 0.617 bits per heavy atom. The average molecular weight is 793 g/mol. The van der Waals surface area contributed by atoms with E-state index in [-0.39, 0.29) is 0 Å². The van der Waals surface area contributed by atoms with Crippen molar-refractivity contribution in [1.82, 2.24) is 0 Å². The normalized spacial score (nSPS) is 13.8. The second-order valence-electron chi connectivity index (χ2n) is 15.4. The van der Waals surface area contributed by atoms with Gasteiger partial charge in [-0.05, 0) is 102 Å². The van der Waals surface area contributed by atoms with Crippen molar-refractivity contribution in [1.29, 1.82) is 0 Å². The van der Waals surface area contributed by atoms with E-state index in [1.165, 1.54) is 20.2 Å². The van der Waals surface area contributed by atoms with Gasteiger partial charge in [0, 0.05) is 53.3 Å². The van der Waals surface area contributed by atoms with Crippen molar-refractivity contribution in [3.05, 3.63) is 199 Å². The highest BCUT2D eigenvalue weighted by Crippen LogP contribution is 2.43. The van der Waals surface area contributed by atoms with Gasteiger partial charge in [-0.25, -0.2) is 9.98 Å². The number of thiophene rings is 1. The summed E-state index contributed by atoms with van der Waals surface area (Å²) >= 11 is 1.85. The lowest BCUT2D eigenvalue weighted by Gasteiger charge is -2.20. The molecule has 60 heavy (non-hydrogen) atoms. The van der Waals surface area contributed by atoms with Gasteiger partial charge in [0.2, 0.25) is 0 Å². The van der Waals surface area contributed by atoms with E-state index >= 15 is 0 Å². The molecule has 0 fully saturated rings. The van der Waals surface area contributed by atoms with E-state index in [2.05, 4.69) is 184 Å². The molecule has 9 aromatic rings. The molecule has 290 valence electrons. The largest absolute Gasteiger partial charge is 0.455 e. The first-order valence-electron chi connectivity index (χ1n) is 21.0. The molecule has 0 N–H and O–H groups in total. The summed E-state index contributed by atoms with van der Waals surface area (Å²) in [6.45, 7) is 4.33. The van der Waals surface area contributed by atoms with Crippen molar-refractivity contribution < 1.29 is 4.42 Å². The molecule has 4 heteroatoms. The van der Waals surface area contributed by atoms with Crippen molar-refractivity contribution in [2.45, 2.75) is 39.5 Å². The number of hydrogen-bond donors (Lipinski definition) is 0. The molecule has 0 radical (unpaired) electrons. The Bertz CT molecular complexity index is 3210. The maximum absolute atomic E-state index is 6.65. The molecule has 0 aliphatic heterocycles. The Morgan fingerprint density at radius 2 is 1.35 bits per heavy atom. The van der Waals surface area contributed by atoms with Crippen LogP contribution in [-0.2, 0) is 0 Å². The summed E-state index contributed by atoms with van der Waals surface area (Å²) in [5.74, 6) is 0.655. The quantitative estimate of drug-likeness (QED) is 0.106. The van der Waals surface area contributed by atoms with Gasteiger partial charge in [-0.3, -0.25) is 0 Å². The van der Waals surface area contributed by atoms with Gasteiger partial charge in [-0.1, -0.05) is 153 Å². The lowest BCUT2D eigenvalue weighted by molar-refractivity contribution is 0.667. The van der Waals surface area contributed by atoms with Gasteiger partial charge < -0.3 is 4.42 Å². The number of amidine groups is 1. The predicted octanol–water partition coefficient (Wildman–Crippen LogP) is 16.3. The summed E-state index contributed by atoms with van der Waals surface area (Å²) < 4.78 is 9.22. The molecule has 0 amide bonds. The molecule has 0 spiro atoms. The molecular weight excluding hydrogens is 749 g/mol. The van der Waals surface area contributed by atoms with Crippen LogP contribution >= 0.6 is 11.3 Å². The minimum absolute atomic E-state index is 0.655. The van der Waals surface area contributed by atoms with Crippen molar-refractivity contribution in [3.63, 3.8) is 0 Å². The molecule has 0 bridgehead atoms. The van der Waals surface area contributed by atoms with Crippen molar-refractivity contribution >= 4 is 70.7 Å². The number of allylic oxidation sites excluding steroid dienone is 5. The minimum atomic E-state index is 0.655. The van der Waals surface area contributed by atoms with Crippen LogP contribution in [0.3, 0.4) is 0 Å². The fourth-order valence-corrected chi connectivity index (χ4v) is 9.55. The smallest absolute Gasteiger partial charge is 0.160 e. The van der Waals surface area contributed by atoms with E-state index < -0.39 is 0 Å². The lowest BCUT2D eigenvalue weighted by atomic mass is 9.86. The van der Waals surface area contributed by atoms with Crippen molar-refractivity contribution in [2.24, 2.45) is 9.98 Å². The summed E-state index contributed by atoms with van der Waals surface area (Å²) in [6, 6.07) is 56.5. The first-order chi connectivity index (χ1) is 29.6. The van der Waals surface area contributed by atoms with Crippen molar-refractivity contribution in [3.8, 4) is 33.4 Å². The summed E-state index contributed by atoms with van der Waals surface area (Å²) in [6.07, 6.45) is 12.9. The second-order valence-corrected chi connectivity index (χ2v) is 16.5. The van der Waals surface area contributed by atoms with Crippen LogP contribution in [-0.4, -0.2) is 11.5 Å². The monoisotopic (exact) mass is 792 g/mol. The summed E-state index contributed by atoms with van der Waals surface area (Å²) in [7, 11) is 0. The van der Waals surface area contributed by atoms with Gasteiger partial charge in [-0.15, -0.1) is 11.3 Å². The van der Waals surface area contributed by atoms with E-state index in [0.29, 0.717) is 5.84 Å². The van der Waals surface area contributed by atoms with E-state index in [4.69, 9.17) is 14.4 Å². The topological polar surface area (TPSA) is 37.9 Å². The number of hydrogen-bond acceptors (Lipinski definition) is 3. The number of fused-ring (bicyclic) bond motifs is 6. The summed E-state index contributed by atoms with van der Waals surface area (Å²) in [5.41, 5.74) is 13.2. The predicted molar refractivity (Wildman–Crippen MR) is 258 cm³/mol. The van der Waals surface area contributed by atoms with Crippen LogP contribution in [0.4, 0.5) is 0 Å². The molecule has 7 aromatic carbocycles. The third-order valence-electron chi connectivity index (χ3n) is 11.5. The molecule has 0 unspecified atom stereocenters. The second kappa shape index (κ2) is 16.4. The number of rotatable bonds is 9. The zero-order chi connectivity index (χ0) is 40.4. The first-order valence-corrected chi connectivity index (χ1v) is 21.8. The maximum Gasteiger partial charge on any atom is 0.160 e. The molecule has 0 saturated heterocycles. The third kappa shape index (κ3) is 7.14. The number of nitrogens with zero attached hydrogens (tertiary/aromatic N) is 2. The minimum Gasteiger partial charge on any atom is -0.455 e. The average Bonchev–Trinajstić information content (AvgIpc) is 3.89. The Hall–Kier alpha value is -6.88. The Balaban J connectivity index is 1.30. The molecule has 2 aromatic heterocycles. The number of unbranched alkanes of at least 4 members (excludes halogenated alkanes) is 1. The Kier molecular flexibility index (Phi) is 10.2. The summed E-state index contributed by atoms with van der Waals surface area (Å²) in [4.78, 5) is 11.3.